The number of hydrogen-bond donors (Lipinski definition) is 1. The van der Waals surface area contributed by atoms with Gasteiger partial charge >= 0.3 is 5.97 Å². The van der Waals surface area contributed by atoms with Gasteiger partial charge in [-0.3, -0.25) is 19.5 Å². The number of para-hydroxylation sites is 1. The third kappa shape index (κ3) is 4.60. The lowest BCUT2D eigenvalue weighted by Crippen LogP contribution is -2.30. The molecule has 0 bridgehead atoms. The summed E-state index contributed by atoms with van der Waals surface area (Å²) < 4.78 is 7.27. The second-order valence-corrected chi connectivity index (χ2v) is 7.90. The first-order chi connectivity index (χ1) is 16.2. The van der Waals surface area contributed by atoms with E-state index in [1.165, 1.54) is 19.1 Å². The minimum absolute atomic E-state index is 0.0483. The molecule has 1 aromatic heterocycles. The molecule has 0 aliphatic carbocycles. The highest BCUT2D eigenvalue weighted by Gasteiger charge is 2.22. The maximum absolute atomic E-state index is 12.7. The zero-order valence-corrected chi connectivity index (χ0v) is 18.9. The molecule has 0 aliphatic rings. The Hall–Kier alpha value is -4.24. The van der Waals surface area contributed by atoms with Gasteiger partial charge in [-0.2, -0.15) is 0 Å². The van der Waals surface area contributed by atoms with Crippen molar-refractivity contribution in [3.8, 4) is 5.69 Å². The molecule has 4 rings (SSSR count). The summed E-state index contributed by atoms with van der Waals surface area (Å²) in [6.45, 7) is 3.27. The van der Waals surface area contributed by atoms with Gasteiger partial charge in [0.1, 0.15) is 5.82 Å². The van der Waals surface area contributed by atoms with Gasteiger partial charge in [-0.25, -0.2) is 9.78 Å². The average Bonchev–Trinajstić information content (AvgIpc) is 3.15. The summed E-state index contributed by atoms with van der Waals surface area (Å²) in [6.07, 6.45) is -1.18. The van der Waals surface area contributed by atoms with Gasteiger partial charge in [0.25, 0.3) is 11.6 Å². The fourth-order valence-electron chi connectivity index (χ4n) is 3.47. The third-order valence-corrected chi connectivity index (χ3v) is 5.47. The van der Waals surface area contributed by atoms with Gasteiger partial charge in [-0.05, 0) is 50.2 Å². The van der Waals surface area contributed by atoms with Crippen molar-refractivity contribution in [3.05, 3.63) is 93.3 Å². The second kappa shape index (κ2) is 9.32. The summed E-state index contributed by atoms with van der Waals surface area (Å²) in [5, 5.41) is 13.5. The predicted molar refractivity (Wildman–Crippen MR) is 127 cm³/mol. The number of imidazole rings is 1. The number of carbonyl (C=O) groups excluding carboxylic acids is 2. The number of non-ortho nitro benzene ring substituents is 1. The van der Waals surface area contributed by atoms with E-state index in [4.69, 9.17) is 16.3 Å². The van der Waals surface area contributed by atoms with E-state index in [-0.39, 0.29) is 22.0 Å². The highest BCUT2D eigenvalue weighted by atomic mass is 35.5. The minimum Gasteiger partial charge on any atom is -0.449 e. The van der Waals surface area contributed by atoms with Crippen LogP contribution in [0.5, 0.6) is 0 Å². The lowest BCUT2D eigenvalue weighted by Gasteiger charge is -2.14. The van der Waals surface area contributed by atoms with Gasteiger partial charge in [0.15, 0.2) is 6.10 Å². The number of nitrogens with zero attached hydrogens (tertiary/aromatic N) is 3. The Balaban J connectivity index is 1.50. The number of ether oxygens (including phenoxy) is 1. The van der Waals surface area contributed by atoms with Crippen LogP contribution in [0, 0.1) is 17.0 Å². The van der Waals surface area contributed by atoms with Gasteiger partial charge in [0, 0.05) is 17.8 Å². The molecule has 0 fully saturated rings. The number of fused-ring (bicyclic) bond motifs is 1. The summed E-state index contributed by atoms with van der Waals surface area (Å²) >= 11 is 6.01. The number of rotatable bonds is 6. The molecule has 0 radical (unpaired) electrons. The SMILES string of the molecule is Cc1nc2cc(C(=O)O[C@@H](C)C(=O)Nc3cc([N+](=O)[O-])ccc3Cl)ccc2n1-c1ccccc1. The fourth-order valence-corrected chi connectivity index (χ4v) is 3.63. The molecule has 10 heteroatoms. The maximum Gasteiger partial charge on any atom is 0.338 e. The van der Waals surface area contributed by atoms with Crippen LogP contribution in [0.3, 0.4) is 0 Å². The standard InChI is InChI=1S/C24H19ClN4O5/c1-14(23(30)27-20-13-18(29(32)33)9-10-19(20)25)34-24(31)16-8-11-22-21(12-16)26-15(2)28(22)17-6-4-3-5-7-17/h3-14H,1-2H3,(H,27,30)/t14-/m0/s1. The molecule has 1 N–H and O–H groups in total. The summed E-state index contributed by atoms with van der Waals surface area (Å²) in [5.74, 6) is -0.629. The number of nitro benzene ring substituents is 1. The lowest BCUT2D eigenvalue weighted by molar-refractivity contribution is -0.384. The third-order valence-electron chi connectivity index (χ3n) is 5.14. The molecule has 4 aromatic rings. The molecule has 0 aliphatic heterocycles. The number of amides is 1. The number of aromatic nitrogens is 2. The van der Waals surface area contributed by atoms with E-state index >= 15 is 0 Å². The highest BCUT2D eigenvalue weighted by molar-refractivity contribution is 6.33. The number of nitro groups is 1. The van der Waals surface area contributed by atoms with Gasteiger partial charge in [-0.1, -0.05) is 29.8 Å². The van der Waals surface area contributed by atoms with Crippen LogP contribution in [-0.2, 0) is 9.53 Å². The van der Waals surface area contributed by atoms with Crippen LogP contribution in [0.4, 0.5) is 11.4 Å². The monoisotopic (exact) mass is 478 g/mol. The minimum atomic E-state index is -1.18. The molecule has 1 atom stereocenters. The van der Waals surface area contributed by atoms with Crippen molar-refractivity contribution in [1.82, 2.24) is 9.55 Å². The molecule has 1 heterocycles. The second-order valence-electron chi connectivity index (χ2n) is 7.49. The molecule has 9 nitrogen and oxygen atoms in total. The molecule has 0 saturated carbocycles. The predicted octanol–water partition coefficient (Wildman–Crippen LogP) is 5.08. The smallest absolute Gasteiger partial charge is 0.338 e. The number of anilines is 1. The van der Waals surface area contributed by atoms with Crippen molar-refractivity contribution in [2.24, 2.45) is 0 Å². The van der Waals surface area contributed by atoms with E-state index in [1.54, 1.807) is 18.2 Å². The number of carbonyl (C=O) groups is 2. The largest absolute Gasteiger partial charge is 0.449 e. The number of aryl methyl sites for hydroxylation is 1. The number of hydrogen-bond acceptors (Lipinski definition) is 6. The first-order valence-electron chi connectivity index (χ1n) is 10.2. The highest BCUT2D eigenvalue weighted by Crippen LogP contribution is 2.27. The number of esters is 1. The Morgan fingerprint density at radius 3 is 2.56 bits per heavy atom. The van der Waals surface area contributed by atoms with Gasteiger partial charge in [-0.15, -0.1) is 0 Å². The molecular weight excluding hydrogens is 460 g/mol. The van der Waals surface area contributed by atoms with Crippen molar-refractivity contribution in [1.29, 1.82) is 0 Å². The Morgan fingerprint density at radius 2 is 1.85 bits per heavy atom. The lowest BCUT2D eigenvalue weighted by atomic mass is 10.2. The number of nitrogens with one attached hydrogen (secondary N) is 1. The van der Waals surface area contributed by atoms with Gasteiger partial charge in [0.2, 0.25) is 0 Å². The van der Waals surface area contributed by atoms with Crippen LogP contribution in [0.1, 0.15) is 23.1 Å². The average molecular weight is 479 g/mol. The molecule has 0 saturated heterocycles. The molecule has 34 heavy (non-hydrogen) atoms. The number of halogens is 1. The van der Waals surface area contributed by atoms with E-state index in [0.29, 0.717) is 5.52 Å². The summed E-state index contributed by atoms with van der Waals surface area (Å²) in [7, 11) is 0. The quantitative estimate of drug-likeness (QED) is 0.234. The summed E-state index contributed by atoms with van der Waals surface area (Å²) in [5.41, 5.74) is 2.43. The van der Waals surface area contributed by atoms with Crippen LogP contribution in [0.2, 0.25) is 5.02 Å². The molecule has 172 valence electrons. The Morgan fingerprint density at radius 1 is 1.12 bits per heavy atom. The van der Waals surface area contributed by atoms with Crippen LogP contribution in [-0.4, -0.2) is 32.5 Å². The van der Waals surface area contributed by atoms with Crippen LogP contribution in [0.25, 0.3) is 16.7 Å². The fraction of sp³-hybridized carbons (Fsp3) is 0.125. The van der Waals surface area contributed by atoms with Crippen molar-refractivity contribution in [2.75, 3.05) is 5.32 Å². The van der Waals surface area contributed by atoms with Crippen LogP contribution < -0.4 is 5.32 Å². The van der Waals surface area contributed by atoms with Crippen molar-refractivity contribution in [2.45, 2.75) is 20.0 Å². The van der Waals surface area contributed by atoms with Gasteiger partial charge in [0.05, 0.1) is 32.2 Å². The van der Waals surface area contributed by atoms with Crippen LogP contribution >= 0.6 is 11.6 Å². The molecular formula is C24H19ClN4O5. The van der Waals surface area contributed by atoms with E-state index in [9.17, 15) is 19.7 Å². The first kappa shape index (κ1) is 22.9. The topological polar surface area (TPSA) is 116 Å². The first-order valence-corrected chi connectivity index (χ1v) is 10.6. The Kier molecular flexibility index (Phi) is 6.29. The van der Waals surface area contributed by atoms with E-state index < -0.39 is 22.9 Å². The molecule has 3 aromatic carbocycles. The Bertz CT molecular complexity index is 1420. The van der Waals surface area contributed by atoms with E-state index in [2.05, 4.69) is 10.3 Å². The van der Waals surface area contributed by atoms with E-state index in [1.807, 2.05) is 41.8 Å². The van der Waals surface area contributed by atoms with Crippen molar-refractivity contribution in [3.63, 3.8) is 0 Å². The maximum atomic E-state index is 12.7. The van der Waals surface area contributed by atoms with Gasteiger partial charge < -0.3 is 10.1 Å². The normalized spacial score (nSPS) is 11.7. The zero-order valence-electron chi connectivity index (χ0n) is 18.2. The number of benzene rings is 3. The molecule has 0 unspecified atom stereocenters. The Labute approximate surface area is 199 Å². The zero-order chi connectivity index (χ0) is 24.4. The summed E-state index contributed by atoms with van der Waals surface area (Å²) in [4.78, 5) is 40.1. The molecule has 0 spiro atoms. The summed E-state index contributed by atoms with van der Waals surface area (Å²) in [6, 6.07) is 18.3. The molecule has 1 amide bonds. The van der Waals surface area contributed by atoms with Crippen molar-refractivity contribution >= 4 is 45.9 Å². The van der Waals surface area contributed by atoms with Crippen molar-refractivity contribution < 1.29 is 19.2 Å². The van der Waals surface area contributed by atoms with Crippen LogP contribution in [0.15, 0.2) is 66.7 Å². The van der Waals surface area contributed by atoms with E-state index in [0.717, 1.165) is 23.1 Å².